The molecular weight excluding hydrogens is 1970 g/mol. The van der Waals surface area contributed by atoms with Gasteiger partial charge in [-0.1, -0.05) is 129 Å². The molecule has 0 saturated carbocycles. The highest BCUT2D eigenvalue weighted by Gasteiger charge is 2.22. The Morgan fingerprint density at radius 3 is 0.840 bits per heavy atom. The van der Waals surface area contributed by atoms with Gasteiger partial charge in [0.05, 0.1) is 146 Å². The minimum Gasteiger partial charge on any atom is -0.342 e. The number of rotatable bonds is 24. The van der Waals surface area contributed by atoms with E-state index < -0.39 is 23.4 Å². The number of halogens is 6. The second-order valence-electron chi connectivity index (χ2n) is 33.7. The van der Waals surface area contributed by atoms with Crippen molar-refractivity contribution >= 4 is 173 Å². The van der Waals surface area contributed by atoms with E-state index in [4.69, 9.17) is 34.8 Å². The Hall–Kier alpha value is -18.7. The van der Waals surface area contributed by atoms with Crippen molar-refractivity contribution in [1.29, 1.82) is 0 Å². The number of aromatic nitrogens is 13. The van der Waals surface area contributed by atoms with Gasteiger partial charge in [-0.3, -0.25) is 28.8 Å². The van der Waals surface area contributed by atoms with Gasteiger partial charge in [0, 0.05) is 121 Å². The molecule has 6 amide bonds. The Balaban J connectivity index is 0.000000150. The van der Waals surface area contributed by atoms with Crippen LogP contribution in [-0.4, -0.2) is 143 Å². The second-order valence-corrected chi connectivity index (χ2v) is 34.9. The van der Waals surface area contributed by atoms with Crippen molar-refractivity contribution in [1.82, 2.24) is 64.8 Å². The molecule has 6 N–H and O–H groups in total. The lowest BCUT2D eigenvalue weighted by molar-refractivity contribution is 0.101. The summed E-state index contributed by atoms with van der Waals surface area (Å²) in [5.74, 6) is -2.80. The third kappa shape index (κ3) is 31.2. The minimum atomic E-state index is -0.464. The van der Waals surface area contributed by atoms with Crippen LogP contribution in [0.4, 0.5) is 116 Å². The van der Waals surface area contributed by atoms with Crippen molar-refractivity contribution in [2.24, 2.45) is 0 Å². The summed E-state index contributed by atoms with van der Waals surface area (Å²) in [4.78, 5) is 137. The fourth-order valence-corrected chi connectivity index (χ4v) is 15.0. The average molecular weight is 2070 g/mol. The first-order valence-corrected chi connectivity index (χ1v) is 47.2. The van der Waals surface area contributed by atoms with Crippen LogP contribution in [0.15, 0.2) is 361 Å². The highest BCUT2D eigenvalue weighted by molar-refractivity contribution is 6.35. The molecule has 0 spiro atoms. The fraction of sp³-hybridized carbons (Fsp3) is 0.106. The first-order chi connectivity index (χ1) is 72.2. The lowest BCUT2D eigenvalue weighted by Gasteiger charge is -2.20. The molecule has 756 valence electrons. The number of hydrogen-bond acceptors (Lipinski definition) is 25. The van der Waals surface area contributed by atoms with Gasteiger partial charge in [-0.15, -0.1) is 0 Å². The van der Waals surface area contributed by atoms with E-state index in [-0.39, 0.29) is 35.2 Å². The molecular formula is C113H101Cl3F3N25O6. The predicted molar refractivity (Wildman–Crippen MR) is 587 cm³/mol. The van der Waals surface area contributed by atoms with E-state index in [1.165, 1.54) is 74.4 Å². The molecule has 0 radical (unpaired) electrons. The molecule has 0 aliphatic heterocycles. The van der Waals surface area contributed by atoms with Crippen LogP contribution in [0, 0.1) is 59.0 Å². The normalized spacial score (nSPS) is 10.4. The summed E-state index contributed by atoms with van der Waals surface area (Å²) in [5, 5.41) is 18.4. The molecule has 7 heterocycles. The number of aryl methyl sites for hydroxylation is 6. The Kier molecular flexibility index (Phi) is 38.2. The van der Waals surface area contributed by atoms with E-state index in [1.54, 1.807) is 220 Å². The number of carbonyl (C=O) groups is 6. The van der Waals surface area contributed by atoms with Crippen LogP contribution in [0.25, 0.3) is 0 Å². The van der Waals surface area contributed by atoms with Gasteiger partial charge in [0.2, 0.25) is 0 Å². The number of carbonyl (C=O) groups excluding carboxylic acids is 6. The molecule has 37 heteroatoms. The van der Waals surface area contributed by atoms with Crippen molar-refractivity contribution in [2.45, 2.75) is 41.5 Å². The van der Waals surface area contributed by atoms with Gasteiger partial charge < -0.3 is 61.3 Å². The van der Waals surface area contributed by atoms with Crippen LogP contribution < -0.4 is 61.3 Å². The molecule has 0 bridgehead atoms. The fourth-order valence-electron chi connectivity index (χ4n) is 14.5. The Morgan fingerprint density at radius 2 is 0.513 bits per heavy atom. The molecule has 0 aliphatic rings. The van der Waals surface area contributed by atoms with E-state index in [9.17, 15) is 41.9 Å². The highest BCUT2D eigenvalue weighted by Crippen LogP contribution is 2.38. The monoisotopic (exact) mass is 2070 g/mol. The largest absolute Gasteiger partial charge is 0.342 e. The maximum absolute atomic E-state index is 14.2. The van der Waals surface area contributed by atoms with Gasteiger partial charge in [-0.25, -0.2) is 78.0 Å². The zero-order valence-electron chi connectivity index (χ0n) is 83.3. The average Bonchev–Trinajstić information content (AvgIpc) is 0.838. The number of benzene rings is 11. The summed E-state index contributed by atoms with van der Waals surface area (Å²) >= 11 is 18.8. The van der Waals surface area contributed by atoms with Crippen molar-refractivity contribution in [3.63, 3.8) is 0 Å². The van der Waals surface area contributed by atoms with Crippen LogP contribution in [0.3, 0.4) is 0 Å². The van der Waals surface area contributed by atoms with Crippen LogP contribution >= 0.6 is 34.8 Å². The van der Waals surface area contributed by atoms with Crippen molar-refractivity contribution < 1.29 is 41.9 Å². The molecule has 18 aromatic rings. The lowest BCUT2D eigenvalue weighted by Crippen LogP contribution is -2.15. The van der Waals surface area contributed by atoms with Crippen LogP contribution in [0.5, 0.6) is 0 Å². The summed E-state index contributed by atoms with van der Waals surface area (Å²) in [6.07, 6.45) is 28.6. The molecule has 150 heavy (non-hydrogen) atoms. The van der Waals surface area contributed by atoms with E-state index in [1.807, 2.05) is 180 Å². The molecule has 0 aliphatic carbocycles. The molecule has 7 aromatic heterocycles. The SMILES string of the molecule is Cc1cccc(C(=O)Nc2cc(F)cc(N(C)c3cncnc3)c2)c1.Cc1cccc(C(=O)Nc2cc(F)cc(N(C)c3cncnc3)c2)n1.Cc1cccc(C(=O)Nc2cc(N(C)c3cncnc3)ccc2Cl)c1.Cc1cccc(C(=O)Nc2cc(N(C)c3cncnc3)ccc2Cl)c1.Cc1cccc(C(=O)Nc2ccc(Cl)c(N(C)c3cncnc3)c2)c1.Cc1cccc(C(=O)Nc2ccc(F)c(N(C)c3cncnc3)c2)c1. The zero-order chi connectivity index (χ0) is 107. The maximum Gasteiger partial charge on any atom is 0.274 e. The molecule has 0 unspecified atom stereocenters. The number of hydrogen-bond donors (Lipinski definition) is 6. The molecule has 0 fully saturated rings. The van der Waals surface area contributed by atoms with Gasteiger partial charge in [0.15, 0.2) is 0 Å². The van der Waals surface area contributed by atoms with E-state index in [0.29, 0.717) is 111 Å². The number of amides is 6. The lowest BCUT2D eigenvalue weighted by atomic mass is 10.1. The van der Waals surface area contributed by atoms with Crippen LogP contribution in [0.1, 0.15) is 95.8 Å². The Morgan fingerprint density at radius 1 is 0.240 bits per heavy atom. The van der Waals surface area contributed by atoms with Gasteiger partial charge in [0.25, 0.3) is 35.4 Å². The Labute approximate surface area is 879 Å². The molecule has 11 aromatic carbocycles. The van der Waals surface area contributed by atoms with Crippen LogP contribution in [-0.2, 0) is 0 Å². The first-order valence-electron chi connectivity index (χ1n) is 46.1. The number of pyridine rings is 1. The third-order valence-electron chi connectivity index (χ3n) is 22.5. The molecule has 0 saturated heterocycles. The number of anilines is 18. The van der Waals surface area contributed by atoms with Crippen molar-refractivity contribution in [3.05, 3.63) is 461 Å². The number of nitrogens with one attached hydrogen (secondary N) is 6. The minimum absolute atomic E-state index is 0.164. The maximum atomic E-state index is 14.2. The Bertz CT molecular complexity index is 7280. The van der Waals surface area contributed by atoms with Crippen LogP contribution in [0.2, 0.25) is 15.1 Å². The van der Waals surface area contributed by atoms with E-state index in [2.05, 4.69) is 96.7 Å². The summed E-state index contributed by atoms with van der Waals surface area (Å²) in [5.41, 5.74) is 20.4. The predicted octanol–water partition coefficient (Wildman–Crippen LogP) is 24.6. The smallest absolute Gasteiger partial charge is 0.274 e. The number of nitrogens with zero attached hydrogens (tertiary/aromatic N) is 19. The zero-order valence-corrected chi connectivity index (χ0v) is 85.5. The van der Waals surface area contributed by atoms with E-state index >= 15 is 0 Å². The third-order valence-corrected chi connectivity index (χ3v) is 23.5. The van der Waals surface area contributed by atoms with Gasteiger partial charge >= 0.3 is 0 Å². The topological polar surface area (TPSA) is 362 Å². The van der Waals surface area contributed by atoms with E-state index in [0.717, 1.165) is 67.6 Å². The standard InChI is InChI=1S/3C19H17ClN4O.2C19H17FN4O.C18H16FN5O/c2*1-13-4-3-5-14(8-13)19(25)23-18-9-15(6-7-17(18)20)24(2)16-10-21-12-22-11-16;1-13-4-3-5-14(8-13)19(25)23-15-6-7-17(20)18(9-15)24(2)16-10-21-12-22-11-16;1-13-4-3-5-14(6-13)19(25)23-16-7-15(20)8-17(9-16)24(2)18-10-21-12-22-11-18;1-13-4-3-5-14(8-13)19(25)23-15-6-7-17(20)18(9-15)24(2)16-10-21-12-22-11-16;1-12-4-3-5-17(22-12)18(25)23-14-6-13(19)7-15(8-14)24(2)16-9-20-11-21-10-16/h5*3-12H,1-2H3,(H,23,25);3-11H,1-2H3,(H,23,25). The summed E-state index contributed by atoms with van der Waals surface area (Å²) in [6.45, 7) is 11.5. The molecule has 31 nitrogen and oxygen atoms in total. The quantitative estimate of drug-likeness (QED) is 0.0327. The second kappa shape index (κ2) is 52.7. The summed E-state index contributed by atoms with van der Waals surface area (Å²) < 4.78 is 42.2. The molecule has 0 atom stereocenters. The first kappa shape index (κ1) is 109. The highest BCUT2D eigenvalue weighted by atomic mass is 35.5. The van der Waals surface area contributed by atoms with Gasteiger partial charge in [-0.2, -0.15) is 0 Å². The van der Waals surface area contributed by atoms with Gasteiger partial charge in [-0.05, 0) is 224 Å². The summed E-state index contributed by atoms with van der Waals surface area (Å²) in [6, 6.07) is 71.2. The molecule has 18 rings (SSSR count). The summed E-state index contributed by atoms with van der Waals surface area (Å²) in [7, 11) is 10.9. The van der Waals surface area contributed by atoms with Gasteiger partial charge in [0.1, 0.15) is 61.1 Å². The van der Waals surface area contributed by atoms with Crippen molar-refractivity contribution in [2.75, 3.05) is 104 Å². The van der Waals surface area contributed by atoms with Crippen molar-refractivity contribution in [3.8, 4) is 0 Å².